The molecule has 0 aliphatic carbocycles. The van der Waals surface area contributed by atoms with Crippen LogP contribution in [0.4, 0.5) is 13.8 Å². The molecule has 0 bridgehead atoms. The maximum absolute atomic E-state index is 16.0. The molecule has 1 fully saturated rings. The molecule has 266 valence electrons. The Morgan fingerprint density at radius 2 is 1.77 bits per heavy atom. The summed E-state index contributed by atoms with van der Waals surface area (Å²) in [6.45, 7) is 26.4. The number of ether oxygens (including phenoxy) is 1. The second-order valence-electron chi connectivity index (χ2n) is 11.2. The zero-order chi connectivity index (χ0) is 36.6. The molecule has 1 saturated heterocycles. The maximum Gasteiger partial charge on any atom is 0.159 e. The van der Waals surface area contributed by atoms with Gasteiger partial charge in [-0.05, 0) is 43.7 Å². The fourth-order valence-corrected chi connectivity index (χ4v) is 6.32. The fraction of sp³-hybridized carbons (Fsp3) is 0.553. The lowest BCUT2D eigenvalue weighted by molar-refractivity contribution is 0.134. The van der Waals surface area contributed by atoms with Crippen LogP contribution in [0, 0.1) is 28.9 Å². The number of rotatable bonds is 5. The van der Waals surface area contributed by atoms with Gasteiger partial charge in [0, 0.05) is 46.8 Å². The van der Waals surface area contributed by atoms with Crippen LogP contribution < -0.4 is 16.2 Å². The highest BCUT2D eigenvalue weighted by atomic mass is 32.1. The Balaban J connectivity index is 0.000000769. The second-order valence-corrected chi connectivity index (χ2v) is 12.3. The Hall–Kier alpha value is -3.39. The summed E-state index contributed by atoms with van der Waals surface area (Å²) >= 11 is 0.951. The third-order valence-corrected chi connectivity index (χ3v) is 9.23. The van der Waals surface area contributed by atoms with Gasteiger partial charge in [-0.15, -0.1) is 11.3 Å². The number of thiophene rings is 1. The van der Waals surface area contributed by atoms with Crippen LogP contribution in [0.5, 0.6) is 0 Å². The number of fused-ring (bicyclic) bond motifs is 2. The van der Waals surface area contributed by atoms with Gasteiger partial charge >= 0.3 is 0 Å². The van der Waals surface area contributed by atoms with Crippen LogP contribution in [-0.2, 0) is 18.0 Å². The maximum atomic E-state index is 16.0. The van der Waals surface area contributed by atoms with E-state index in [0.29, 0.717) is 29.3 Å². The Morgan fingerprint density at radius 3 is 2.27 bits per heavy atom. The van der Waals surface area contributed by atoms with E-state index in [1.54, 1.807) is 6.20 Å². The second kappa shape index (κ2) is 21.6. The van der Waals surface area contributed by atoms with Gasteiger partial charge < -0.3 is 20.5 Å². The topological polar surface area (TPSA) is 108 Å². The number of amidine groups is 1. The number of aliphatic hydroxyl groups is 1. The van der Waals surface area contributed by atoms with Crippen molar-refractivity contribution in [2.75, 3.05) is 18.9 Å². The molecule has 3 aromatic rings. The third-order valence-electron chi connectivity index (χ3n) is 8.21. The predicted octanol–water partition coefficient (Wildman–Crippen LogP) is 8.66. The van der Waals surface area contributed by atoms with Crippen LogP contribution >= 0.6 is 11.3 Å². The van der Waals surface area contributed by atoms with Crippen LogP contribution in [0.3, 0.4) is 0 Å². The number of aliphatic imine (C=N–C) groups is 1. The number of pyridine rings is 1. The molecule has 3 N–H and O–H groups in total. The molecule has 7 nitrogen and oxygen atoms in total. The van der Waals surface area contributed by atoms with Crippen molar-refractivity contribution >= 4 is 45.0 Å². The van der Waals surface area contributed by atoms with Gasteiger partial charge in [0.05, 0.1) is 35.4 Å². The van der Waals surface area contributed by atoms with E-state index in [-0.39, 0.29) is 50.3 Å². The number of nitrogens with two attached hydrogens (primary N) is 1. The van der Waals surface area contributed by atoms with Crippen LogP contribution in [0.2, 0.25) is 0 Å². The Bertz CT molecular complexity index is 1640. The first-order valence-electron chi connectivity index (χ1n) is 17.4. The first-order valence-corrected chi connectivity index (χ1v) is 18.2. The molecule has 0 amide bonds. The van der Waals surface area contributed by atoms with E-state index < -0.39 is 11.6 Å². The SMILES string of the molecule is C=c1c(F)c(-c2ncc(F)c3sc(N)c(C#N)c23)c2c(/c1=C/N=C(C)N1CCC(C)C1C)COC2.CC.CC.CCCCC.CCCO. The molecule has 2 aliphatic heterocycles. The van der Waals surface area contributed by atoms with Gasteiger partial charge in [0.2, 0.25) is 0 Å². The lowest BCUT2D eigenvalue weighted by Gasteiger charge is -2.24. The zero-order valence-corrected chi connectivity index (χ0v) is 31.6. The van der Waals surface area contributed by atoms with Crippen LogP contribution in [0.1, 0.15) is 118 Å². The quantitative estimate of drug-likeness (QED) is 0.206. The summed E-state index contributed by atoms with van der Waals surface area (Å²) in [4.78, 5) is 11.1. The number of nitriles is 1. The predicted molar refractivity (Wildman–Crippen MR) is 200 cm³/mol. The number of anilines is 1. The van der Waals surface area contributed by atoms with E-state index in [1.165, 1.54) is 19.3 Å². The summed E-state index contributed by atoms with van der Waals surface area (Å²) in [7, 11) is 0. The molecule has 0 saturated carbocycles. The third kappa shape index (κ3) is 9.83. The van der Waals surface area contributed by atoms with E-state index >= 15 is 4.39 Å². The van der Waals surface area contributed by atoms with Crippen molar-refractivity contribution < 1.29 is 18.6 Å². The summed E-state index contributed by atoms with van der Waals surface area (Å²) in [5.74, 6) is 0.256. The normalized spacial score (nSPS) is 16.8. The molecule has 1 aromatic carbocycles. The summed E-state index contributed by atoms with van der Waals surface area (Å²) in [5, 5.41) is 18.6. The number of benzene rings is 1. The van der Waals surface area contributed by atoms with Crippen molar-refractivity contribution in [2.45, 2.75) is 121 Å². The molecule has 5 rings (SSSR count). The Labute approximate surface area is 290 Å². The van der Waals surface area contributed by atoms with Gasteiger partial charge in [-0.3, -0.25) is 4.98 Å². The number of halogens is 2. The zero-order valence-electron chi connectivity index (χ0n) is 30.8. The number of aliphatic hydroxyl groups excluding tert-OH is 1. The van der Waals surface area contributed by atoms with Crippen molar-refractivity contribution in [2.24, 2.45) is 10.9 Å². The van der Waals surface area contributed by atoms with Gasteiger partial charge in [-0.1, -0.05) is 81.2 Å². The van der Waals surface area contributed by atoms with E-state index in [1.807, 2.05) is 47.6 Å². The Kier molecular flexibility index (Phi) is 19.1. The highest BCUT2D eigenvalue weighted by molar-refractivity contribution is 7.23. The summed E-state index contributed by atoms with van der Waals surface area (Å²) in [5.41, 5.74) is 7.77. The number of nitrogen functional groups attached to an aromatic ring is 1. The monoisotopic (exact) mass is 685 g/mol. The van der Waals surface area contributed by atoms with Crippen molar-refractivity contribution in [3.63, 3.8) is 0 Å². The number of nitrogens with zero attached hydrogens (tertiary/aromatic N) is 4. The summed E-state index contributed by atoms with van der Waals surface area (Å²) in [6, 6.07) is 2.40. The van der Waals surface area contributed by atoms with E-state index in [9.17, 15) is 9.65 Å². The molecule has 0 spiro atoms. The van der Waals surface area contributed by atoms with E-state index in [4.69, 9.17) is 15.6 Å². The van der Waals surface area contributed by atoms with Crippen molar-refractivity contribution in [1.29, 1.82) is 5.26 Å². The average Bonchev–Trinajstić information content (AvgIpc) is 3.81. The van der Waals surface area contributed by atoms with Gasteiger partial charge in [0.1, 0.15) is 22.7 Å². The average molecular weight is 686 g/mol. The minimum atomic E-state index is -0.606. The molecule has 48 heavy (non-hydrogen) atoms. The number of hydrogen-bond acceptors (Lipinski definition) is 7. The molecule has 2 atom stereocenters. The Morgan fingerprint density at radius 1 is 1.17 bits per heavy atom. The lowest BCUT2D eigenvalue weighted by Crippen LogP contribution is -2.34. The number of likely N-dealkylation sites (tertiary alicyclic amines) is 1. The van der Waals surface area contributed by atoms with Gasteiger partial charge in [-0.25, -0.2) is 13.8 Å². The van der Waals surface area contributed by atoms with Crippen LogP contribution in [-0.4, -0.2) is 40.0 Å². The standard InChI is InChI=1S/C26H25F2N5OS.C5H12.C3H8O.2C2H6/c1-12-5-6-33(14(12)3)15(4)31-8-17-13(2)23(28)21(19-11-34-10-18(17)19)24-22-16(7-29)26(30)35-25(22)20(27)9-32-24;1-3-5-4-2;1-2-3-4;2*1-2/h8-9,12,14H,2,5-6,10-11,30H2,1,3-4H3;3-5H2,1-2H3;4H,2-3H2,1H3;2*1-2H3/b17-8+,31-15?;;;;. The lowest BCUT2D eigenvalue weighted by atomic mass is 9.94. The highest BCUT2D eigenvalue weighted by Gasteiger charge is 2.29. The number of hydrogen-bond donors (Lipinski definition) is 2. The smallest absolute Gasteiger partial charge is 0.159 e. The summed E-state index contributed by atoms with van der Waals surface area (Å²) in [6.07, 6.45) is 8.75. The first-order chi connectivity index (χ1) is 23.1. The molecule has 10 heteroatoms. The van der Waals surface area contributed by atoms with E-state index in [2.05, 4.69) is 49.2 Å². The molecule has 4 heterocycles. The van der Waals surface area contributed by atoms with Crippen molar-refractivity contribution in [3.05, 3.63) is 45.0 Å². The van der Waals surface area contributed by atoms with E-state index in [0.717, 1.165) is 48.3 Å². The van der Waals surface area contributed by atoms with Crippen LogP contribution in [0.25, 0.3) is 34.1 Å². The molecule has 2 aromatic heterocycles. The van der Waals surface area contributed by atoms with Crippen molar-refractivity contribution in [1.82, 2.24) is 9.88 Å². The van der Waals surface area contributed by atoms with Crippen LogP contribution in [0.15, 0.2) is 11.2 Å². The molecular weight excluding hydrogens is 629 g/mol. The van der Waals surface area contributed by atoms with Gasteiger partial charge in [0.15, 0.2) is 5.82 Å². The minimum Gasteiger partial charge on any atom is -0.396 e. The summed E-state index contributed by atoms with van der Waals surface area (Å²) < 4.78 is 36.4. The van der Waals surface area contributed by atoms with Gasteiger partial charge in [0.25, 0.3) is 0 Å². The fourth-order valence-electron chi connectivity index (χ4n) is 5.40. The number of unbranched alkanes of at least 4 members (excludes halogenated alkanes) is 2. The van der Waals surface area contributed by atoms with Gasteiger partial charge in [-0.2, -0.15) is 5.26 Å². The largest absolute Gasteiger partial charge is 0.396 e. The highest BCUT2D eigenvalue weighted by Crippen LogP contribution is 2.41. The number of aromatic nitrogens is 1. The molecule has 0 radical (unpaired) electrons. The van der Waals surface area contributed by atoms with Crippen molar-refractivity contribution in [3.8, 4) is 17.3 Å². The minimum absolute atomic E-state index is 0.0921. The molecular formula is C38H57F2N5O2S. The first kappa shape index (κ1) is 42.6. The molecule has 2 aliphatic rings. The molecule has 2 unspecified atom stereocenters.